The van der Waals surface area contributed by atoms with Crippen molar-refractivity contribution in [1.82, 2.24) is 15.0 Å². The highest BCUT2D eigenvalue weighted by Crippen LogP contribution is 2.26. The molecular weight excluding hydrogens is 338 g/mol. The van der Waals surface area contributed by atoms with Crippen molar-refractivity contribution < 1.29 is 9.90 Å². The van der Waals surface area contributed by atoms with Crippen molar-refractivity contribution in [2.45, 2.75) is 39.5 Å². The summed E-state index contributed by atoms with van der Waals surface area (Å²) in [6, 6.07) is 12.5. The first-order valence-corrected chi connectivity index (χ1v) is 8.85. The monoisotopic (exact) mass is 361 g/mol. The number of pyridine rings is 1. The topological polar surface area (TPSA) is 76.0 Å². The predicted molar refractivity (Wildman–Crippen MR) is 105 cm³/mol. The maximum Gasteiger partial charge on any atom is 0.172 e. The van der Waals surface area contributed by atoms with Crippen molar-refractivity contribution in [2.24, 2.45) is 0 Å². The quantitative estimate of drug-likeness (QED) is 0.703. The second-order valence-electron chi connectivity index (χ2n) is 7.62. The Morgan fingerprint density at radius 2 is 1.67 bits per heavy atom. The molecule has 0 unspecified atom stereocenters. The summed E-state index contributed by atoms with van der Waals surface area (Å²) < 4.78 is 0. The molecule has 0 atom stereocenters. The van der Waals surface area contributed by atoms with Gasteiger partial charge >= 0.3 is 0 Å². The van der Waals surface area contributed by atoms with E-state index in [9.17, 15) is 9.90 Å². The van der Waals surface area contributed by atoms with Crippen molar-refractivity contribution in [3.63, 3.8) is 0 Å². The molecule has 5 heteroatoms. The van der Waals surface area contributed by atoms with E-state index in [0.717, 1.165) is 16.8 Å². The Hall–Kier alpha value is -3.08. The number of hydrogen-bond acceptors (Lipinski definition) is 5. The molecule has 138 valence electrons. The Bertz CT molecular complexity index is 957. The highest BCUT2D eigenvalue weighted by atomic mass is 16.3. The Kier molecular flexibility index (Phi) is 5.04. The lowest BCUT2D eigenvalue weighted by molar-refractivity contribution is 0.111. The van der Waals surface area contributed by atoms with E-state index in [0.29, 0.717) is 24.2 Å². The first-order valence-electron chi connectivity index (χ1n) is 8.85. The average molecular weight is 361 g/mol. The number of carbonyl (C=O) groups is 1. The summed E-state index contributed by atoms with van der Waals surface area (Å²) in [4.78, 5) is 23.8. The highest BCUT2D eigenvalue weighted by molar-refractivity contribution is 5.76. The molecule has 1 aromatic carbocycles. The molecule has 0 aliphatic rings. The molecule has 0 saturated carbocycles. The van der Waals surface area contributed by atoms with Crippen molar-refractivity contribution >= 4 is 6.29 Å². The molecular formula is C22H23N3O2. The van der Waals surface area contributed by atoms with Crippen LogP contribution in [0.15, 0.2) is 42.6 Å². The number of hydrogen-bond donors (Lipinski definition) is 1. The van der Waals surface area contributed by atoms with E-state index in [2.05, 4.69) is 60.0 Å². The second kappa shape index (κ2) is 7.27. The Balaban J connectivity index is 1.80. The third kappa shape index (κ3) is 4.19. The maximum absolute atomic E-state index is 11.0. The fourth-order valence-corrected chi connectivity index (χ4v) is 2.83. The zero-order chi connectivity index (χ0) is 19.6. The van der Waals surface area contributed by atoms with Crippen LogP contribution in [0.5, 0.6) is 5.75 Å². The van der Waals surface area contributed by atoms with Gasteiger partial charge in [-0.15, -0.1) is 0 Å². The Morgan fingerprint density at radius 1 is 1.00 bits per heavy atom. The summed E-state index contributed by atoms with van der Waals surface area (Å²) in [6.07, 6.45) is 2.76. The number of aryl methyl sites for hydroxylation is 1. The van der Waals surface area contributed by atoms with Gasteiger partial charge in [0.05, 0.1) is 12.1 Å². The zero-order valence-electron chi connectivity index (χ0n) is 16.0. The van der Waals surface area contributed by atoms with E-state index >= 15 is 0 Å². The lowest BCUT2D eigenvalue weighted by Crippen LogP contribution is -2.10. The smallest absolute Gasteiger partial charge is 0.172 e. The molecule has 5 nitrogen and oxygen atoms in total. The van der Waals surface area contributed by atoms with Crippen LogP contribution >= 0.6 is 0 Å². The molecule has 0 amide bonds. The average Bonchev–Trinajstić information content (AvgIpc) is 2.64. The number of aromatic hydroxyl groups is 1. The number of aldehydes is 1. The molecule has 0 fully saturated rings. The number of carbonyl (C=O) groups excluding carboxylic acids is 1. The molecule has 0 aliphatic carbocycles. The zero-order valence-corrected chi connectivity index (χ0v) is 16.0. The summed E-state index contributed by atoms with van der Waals surface area (Å²) >= 11 is 0. The van der Waals surface area contributed by atoms with Crippen LogP contribution in [-0.4, -0.2) is 26.3 Å². The van der Waals surface area contributed by atoms with Gasteiger partial charge in [-0.25, -0.2) is 9.97 Å². The van der Waals surface area contributed by atoms with Crippen molar-refractivity contribution in [3.8, 4) is 16.9 Å². The number of rotatable bonds is 4. The number of benzene rings is 1. The molecule has 3 rings (SSSR count). The number of aromatic nitrogens is 3. The Morgan fingerprint density at radius 3 is 2.22 bits per heavy atom. The van der Waals surface area contributed by atoms with Gasteiger partial charge in [-0.3, -0.25) is 9.78 Å². The lowest BCUT2D eigenvalue weighted by Gasteiger charge is -2.19. The molecule has 0 aliphatic heterocycles. The van der Waals surface area contributed by atoms with Crippen LogP contribution in [-0.2, 0) is 11.8 Å². The van der Waals surface area contributed by atoms with Gasteiger partial charge in [0, 0.05) is 17.5 Å². The molecule has 3 aromatic rings. The standard InChI is InChI=1S/C22H23N3O2/c1-14-21(27)19(13-26)25-20(24-14)11-18-10-7-16(12-23-18)15-5-8-17(9-6-15)22(2,3)4/h5-10,12-13,27H,11H2,1-4H3. The van der Waals surface area contributed by atoms with E-state index < -0.39 is 0 Å². The van der Waals surface area contributed by atoms with Crippen molar-refractivity contribution in [2.75, 3.05) is 0 Å². The summed E-state index contributed by atoms with van der Waals surface area (Å²) in [5.74, 6) is 0.290. The van der Waals surface area contributed by atoms with Crippen LogP contribution in [0.2, 0.25) is 0 Å². The first kappa shape index (κ1) is 18.7. The van der Waals surface area contributed by atoms with E-state index in [-0.39, 0.29) is 16.9 Å². The summed E-state index contributed by atoms with van der Waals surface area (Å²) in [5.41, 5.74) is 4.76. The minimum atomic E-state index is -0.171. The lowest BCUT2D eigenvalue weighted by atomic mass is 9.86. The van der Waals surface area contributed by atoms with Crippen LogP contribution in [0.3, 0.4) is 0 Å². The fraction of sp³-hybridized carbons (Fsp3) is 0.273. The molecule has 27 heavy (non-hydrogen) atoms. The van der Waals surface area contributed by atoms with Gasteiger partial charge in [-0.05, 0) is 29.5 Å². The normalized spacial score (nSPS) is 11.4. The van der Waals surface area contributed by atoms with Gasteiger partial charge in [0.1, 0.15) is 11.5 Å². The third-order valence-corrected chi connectivity index (χ3v) is 4.49. The summed E-state index contributed by atoms with van der Waals surface area (Å²) in [6.45, 7) is 8.23. The minimum Gasteiger partial charge on any atom is -0.504 e. The second-order valence-corrected chi connectivity index (χ2v) is 7.62. The van der Waals surface area contributed by atoms with Crippen molar-refractivity contribution in [1.29, 1.82) is 0 Å². The largest absolute Gasteiger partial charge is 0.504 e. The molecule has 2 heterocycles. The van der Waals surface area contributed by atoms with Gasteiger partial charge in [-0.1, -0.05) is 51.1 Å². The van der Waals surface area contributed by atoms with Gasteiger partial charge in [-0.2, -0.15) is 0 Å². The van der Waals surface area contributed by atoms with E-state index in [1.807, 2.05) is 18.3 Å². The van der Waals surface area contributed by atoms with Crippen LogP contribution in [0, 0.1) is 6.92 Å². The van der Waals surface area contributed by atoms with Crippen LogP contribution in [0.25, 0.3) is 11.1 Å². The summed E-state index contributed by atoms with van der Waals surface area (Å²) in [5, 5.41) is 9.75. The van der Waals surface area contributed by atoms with Gasteiger partial charge in [0.25, 0.3) is 0 Å². The number of nitrogens with zero attached hydrogens (tertiary/aromatic N) is 3. The SMILES string of the molecule is Cc1nc(Cc2ccc(-c3ccc(C(C)(C)C)cc3)cn2)nc(C=O)c1O. The molecule has 0 bridgehead atoms. The molecule has 1 N–H and O–H groups in total. The van der Waals surface area contributed by atoms with E-state index in [4.69, 9.17) is 0 Å². The van der Waals surface area contributed by atoms with E-state index in [1.54, 1.807) is 6.92 Å². The molecule has 2 aromatic heterocycles. The van der Waals surface area contributed by atoms with Crippen molar-refractivity contribution in [3.05, 3.63) is 71.1 Å². The maximum atomic E-state index is 11.0. The van der Waals surface area contributed by atoms with Crippen LogP contribution in [0.1, 0.15) is 54.0 Å². The minimum absolute atomic E-state index is 0.00746. The fourth-order valence-electron chi connectivity index (χ4n) is 2.83. The predicted octanol–water partition coefficient (Wildman–Crippen LogP) is 4.25. The van der Waals surface area contributed by atoms with Gasteiger partial charge in [0.15, 0.2) is 12.0 Å². The highest BCUT2D eigenvalue weighted by Gasteiger charge is 2.13. The van der Waals surface area contributed by atoms with Gasteiger partial charge < -0.3 is 5.11 Å². The summed E-state index contributed by atoms with van der Waals surface area (Å²) in [7, 11) is 0. The van der Waals surface area contributed by atoms with E-state index in [1.165, 1.54) is 5.56 Å². The van der Waals surface area contributed by atoms with Crippen LogP contribution in [0.4, 0.5) is 0 Å². The molecule has 0 radical (unpaired) electrons. The molecule has 0 spiro atoms. The molecule has 0 saturated heterocycles. The first-order chi connectivity index (χ1) is 12.8. The third-order valence-electron chi connectivity index (χ3n) is 4.49. The van der Waals surface area contributed by atoms with Crippen LogP contribution < -0.4 is 0 Å². The Labute approximate surface area is 159 Å². The van der Waals surface area contributed by atoms with Gasteiger partial charge in [0.2, 0.25) is 0 Å².